The highest BCUT2D eigenvalue weighted by Crippen LogP contribution is 2.38. The van der Waals surface area contributed by atoms with Crippen LogP contribution in [-0.4, -0.2) is 11.1 Å². The summed E-state index contributed by atoms with van der Waals surface area (Å²) in [5.41, 5.74) is 2.53. The summed E-state index contributed by atoms with van der Waals surface area (Å²) in [4.78, 5) is 0. The third kappa shape index (κ3) is 2.38. The van der Waals surface area contributed by atoms with Gasteiger partial charge in [0.25, 0.3) is 0 Å². The molecule has 1 aliphatic carbocycles. The van der Waals surface area contributed by atoms with E-state index in [9.17, 15) is 0 Å². The Balaban J connectivity index is 2.03. The van der Waals surface area contributed by atoms with E-state index in [0.29, 0.717) is 11.5 Å². The second-order valence-electron chi connectivity index (χ2n) is 5.43. The van der Waals surface area contributed by atoms with Gasteiger partial charge in [-0.1, -0.05) is 32.4 Å². The summed E-state index contributed by atoms with van der Waals surface area (Å²) < 4.78 is 0. The number of benzene rings is 1. The van der Waals surface area contributed by atoms with Gasteiger partial charge < -0.3 is 10.4 Å². The Bertz CT molecular complexity index is 342. The van der Waals surface area contributed by atoms with Crippen LogP contribution in [0.3, 0.4) is 0 Å². The quantitative estimate of drug-likeness (QED) is 0.818. The minimum atomic E-state index is 0.120. The first-order valence-electron chi connectivity index (χ1n) is 6.08. The van der Waals surface area contributed by atoms with E-state index in [2.05, 4.69) is 31.3 Å². The zero-order valence-corrected chi connectivity index (χ0v) is 10.2. The maximum absolute atomic E-state index is 8.98. The zero-order valence-electron chi connectivity index (χ0n) is 10.2. The summed E-state index contributed by atoms with van der Waals surface area (Å²) >= 11 is 0. The predicted molar refractivity (Wildman–Crippen MR) is 67.4 cm³/mol. The molecule has 2 rings (SSSR count). The summed E-state index contributed by atoms with van der Waals surface area (Å²) in [6.07, 6.45) is 3.88. The van der Waals surface area contributed by atoms with Gasteiger partial charge in [-0.05, 0) is 36.0 Å². The molecule has 0 aromatic heterocycles. The average molecular weight is 219 g/mol. The van der Waals surface area contributed by atoms with Crippen molar-refractivity contribution < 1.29 is 5.11 Å². The Kier molecular flexibility index (Phi) is 3.20. The van der Waals surface area contributed by atoms with E-state index in [1.807, 2.05) is 12.1 Å². The van der Waals surface area contributed by atoms with Crippen LogP contribution in [0.1, 0.15) is 38.7 Å². The van der Waals surface area contributed by atoms with Crippen LogP contribution in [0.5, 0.6) is 0 Å². The standard InChI is InChI=1S/C14H21NO/c1-14(2)9-3-4-13(14)15-12-7-5-11(10-16)6-8-12/h5-8,13,15-16H,3-4,9-10H2,1-2H3. The number of nitrogens with one attached hydrogen (secondary N) is 1. The molecule has 88 valence electrons. The van der Waals surface area contributed by atoms with Crippen LogP contribution in [0.4, 0.5) is 5.69 Å². The Morgan fingerprint density at radius 2 is 2.00 bits per heavy atom. The van der Waals surface area contributed by atoms with Crippen molar-refractivity contribution in [3.8, 4) is 0 Å². The van der Waals surface area contributed by atoms with Crippen LogP contribution in [-0.2, 0) is 6.61 Å². The van der Waals surface area contributed by atoms with Crippen molar-refractivity contribution in [2.75, 3.05) is 5.32 Å². The van der Waals surface area contributed by atoms with E-state index in [1.54, 1.807) is 0 Å². The highest BCUT2D eigenvalue weighted by Gasteiger charge is 2.34. The Morgan fingerprint density at radius 1 is 1.31 bits per heavy atom. The van der Waals surface area contributed by atoms with Crippen molar-refractivity contribution in [2.24, 2.45) is 5.41 Å². The summed E-state index contributed by atoms with van der Waals surface area (Å²) in [5.74, 6) is 0. The maximum atomic E-state index is 8.98. The van der Waals surface area contributed by atoms with Crippen molar-refractivity contribution in [1.82, 2.24) is 0 Å². The molecular formula is C14H21NO. The molecule has 0 radical (unpaired) electrons. The number of anilines is 1. The lowest BCUT2D eigenvalue weighted by Gasteiger charge is -2.28. The minimum Gasteiger partial charge on any atom is -0.392 e. The molecule has 1 aromatic rings. The van der Waals surface area contributed by atoms with E-state index in [-0.39, 0.29) is 6.61 Å². The zero-order chi connectivity index (χ0) is 11.6. The summed E-state index contributed by atoms with van der Waals surface area (Å²) in [6, 6.07) is 8.64. The molecule has 0 spiro atoms. The highest BCUT2D eigenvalue weighted by atomic mass is 16.3. The first kappa shape index (κ1) is 11.5. The first-order chi connectivity index (χ1) is 7.62. The lowest BCUT2D eigenvalue weighted by molar-refractivity contribution is 0.282. The average Bonchev–Trinajstić information content (AvgIpc) is 2.59. The smallest absolute Gasteiger partial charge is 0.0681 e. The molecule has 1 saturated carbocycles. The Labute approximate surface area is 97.7 Å². The van der Waals surface area contributed by atoms with Gasteiger partial charge in [-0.2, -0.15) is 0 Å². The first-order valence-corrected chi connectivity index (χ1v) is 6.08. The Hall–Kier alpha value is -1.02. The van der Waals surface area contributed by atoms with Crippen LogP contribution in [0.2, 0.25) is 0 Å². The van der Waals surface area contributed by atoms with Gasteiger partial charge in [0.2, 0.25) is 0 Å². The molecule has 2 heteroatoms. The number of aliphatic hydroxyl groups excluding tert-OH is 1. The van der Waals surface area contributed by atoms with E-state index in [1.165, 1.54) is 19.3 Å². The van der Waals surface area contributed by atoms with Crippen LogP contribution in [0, 0.1) is 5.41 Å². The van der Waals surface area contributed by atoms with Crippen LogP contribution in [0.15, 0.2) is 24.3 Å². The van der Waals surface area contributed by atoms with Gasteiger partial charge >= 0.3 is 0 Å². The molecule has 0 heterocycles. The molecule has 1 aliphatic rings. The molecule has 16 heavy (non-hydrogen) atoms. The fraction of sp³-hybridized carbons (Fsp3) is 0.571. The molecule has 0 aliphatic heterocycles. The van der Waals surface area contributed by atoms with Crippen LogP contribution in [0.25, 0.3) is 0 Å². The molecule has 1 aromatic carbocycles. The molecule has 0 amide bonds. The van der Waals surface area contributed by atoms with Gasteiger partial charge in [0.1, 0.15) is 0 Å². The monoisotopic (exact) mass is 219 g/mol. The number of hydrogen-bond acceptors (Lipinski definition) is 2. The maximum Gasteiger partial charge on any atom is 0.0681 e. The summed E-state index contributed by atoms with van der Waals surface area (Å²) in [6.45, 7) is 4.79. The second-order valence-corrected chi connectivity index (χ2v) is 5.43. The topological polar surface area (TPSA) is 32.3 Å². The van der Waals surface area contributed by atoms with Crippen molar-refractivity contribution in [3.63, 3.8) is 0 Å². The molecule has 2 nitrogen and oxygen atoms in total. The van der Waals surface area contributed by atoms with Crippen molar-refractivity contribution in [1.29, 1.82) is 0 Å². The molecular weight excluding hydrogens is 198 g/mol. The van der Waals surface area contributed by atoms with Gasteiger partial charge in [0.05, 0.1) is 6.61 Å². The van der Waals surface area contributed by atoms with E-state index < -0.39 is 0 Å². The van der Waals surface area contributed by atoms with E-state index in [4.69, 9.17) is 5.11 Å². The lowest BCUT2D eigenvalue weighted by Crippen LogP contribution is -2.30. The SMILES string of the molecule is CC1(C)CCCC1Nc1ccc(CO)cc1. The fourth-order valence-corrected chi connectivity index (χ4v) is 2.50. The Morgan fingerprint density at radius 3 is 2.50 bits per heavy atom. The van der Waals surface area contributed by atoms with Gasteiger partial charge in [-0.25, -0.2) is 0 Å². The fourth-order valence-electron chi connectivity index (χ4n) is 2.50. The lowest BCUT2D eigenvalue weighted by atomic mass is 9.87. The van der Waals surface area contributed by atoms with Gasteiger partial charge in [-0.3, -0.25) is 0 Å². The van der Waals surface area contributed by atoms with Gasteiger partial charge in [0.15, 0.2) is 0 Å². The third-order valence-corrected chi connectivity index (χ3v) is 3.73. The van der Waals surface area contributed by atoms with Crippen LogP contribution < -0.4 is 5.32 Å². The predicted octanol–water partition coefficient (Wildman–Crippen LogP) is 3.17. The van der Waals surface area contributed by atoms with E-state index >= 15 is 0 Å². The summed E-state index contributed by atoms with van der Waals surface area (Å²) in [7, 11) is 0. The number of aliphatic hydroxyl groups is 1. The summed E-state index contributed by atoms with van der Waals surface area (Å²) in [5, 5.41) is 12.6. The van der Waals surface area contributed by atoms with E-state index in [0.717, 1.165) is 11.3 Å². The largest absolute Gasteiger partial charge is 0.392 e. The second kappa shape index (κ2) is 4.46. The molecule has 1 fully saturated rings. The minimum absolute atomic E-state index is 0.120. The molecule has 0 saturated heterocycles. The molecule has 1 unspecified atom stereocenters. The van der Waals surface area contributed by atoms with Crippen molar-refractivity contribution in [3.05, 3.63) is 29.8 Å². The number of rotatable bonds is 3. The van der Waals surface area contributed by atoms with Crippen LogP contribution >= 0.6 is 0 Å². The van der Waals surface area contributed by atoms with Gasteiger partial charge in [0, 0.05) is 11.7 Å². The molecule has 2 N–H and O–H groups in total. The molecule has 1 atom stereocenters. The third-order valence-electron chi connectivity index (χ3n) is 3.73. The normalized spacial score (nSPS) is 23.3. The van der Waals surface area contributed by atoms with Crippen molar-refractivity contribution >= 4 is 5.69 Å². The molecule has 0 bridgehead atoms. The van der Waals surface area contributed by atoms with Crippen molar-refractivity contribution in [2.45, 2.75) is 45.8 Å². The highest BCUT2D eigenvalue weighted by molar-refractivity contribution is 5.46. The van der Waals surface area contributed by atoms with Gasteiger partial charge in [-0.15, -0.1) is 0 Å². The number of hydrogen-bond donors (Lipinski definition) is 2.